The molecule has 0 bridgehead atoms. The normalized spacial score (nSPS) is 11.5. The number of carbonyl (C=O) groups is 3. The van der Waals surface area contributed by atoms with Gasteiger partial charge < -0.3 is 29.8 Å². The van der Waals surface area contributed by atoms with E-state index >= 15 is 0 Å². The second-order valence-electron chi connectivity index (χ2n) is 7.16. The van der Waals surface area contributed by atoms with Crippen molar-refractivity contribution in [3.63, 3.8) is 0 Å². The Labute approximate surface area is 195 Å². The number of ether oxygens (including phenoxy) is 3. The summed E-state index contributed by atoms with van der Waals surface area (Å²) in [6, 6.07) is 9.64. The molecule has 0 aliphatic heterocycles. The quantitative estimate of drug-likeness (QED) is 0.411. The summed E-state index contributed by atoms with van der Waals surface area (Å²) in [5.41, 5.74) is 2.04. The van der Waals surface area contributed by atoms with Gasteiger partial charge in [0.15, 0.2) is 6.61 Å². The van der Waals surface area contributed by atoms with Crippen LogP contribution < -0.4 is 20.1 Å². The fourth-order valence-corrected chi connectivity index (χ4v) is 3.58. The van der Waals surface area contributed by atoms with Crippen molar-refractivity contribution in [1.29, 1.82) is 0 Å². The van der Waals surface area contributed by atoms with E-state index in [4.69, 9.17) is 25.8 Å². The van der Waals surface area contributed by atoms with Gasteiger partial charge in [-0.2, -0.15) is 0 Å². The smallest absolute Gasteiger partial charge is 0.329 e. The fraction of sp³-hybridized carbons (Fsp3) is 0.261. The Kier molecular flexibility index (Phi) is 7.78. The van der Waals surface area contributed by atoms with Gasteiger partial charge in [0.2, 0.25) is 5.91 Å². The number of carbonyl (C=O) groups excluding carboxylic acids is 3. The SMILES string of the molecule is COc1cc(OC)c(NC(=O)COC(=O)[C@H](Cc2c[nH]c3ccccc23)NC(C)=O)cc1Cl. The molecule has 1 aromatic heterocycles. The largest absolute Gasteiger partial charge is 0.495 e. The van der Waals surface area contributed by atoms with E-state index in [1.54, 1.807) is 6.20 Å². The molecular formula is C23H24ClN3O6. The molecule has 3 rings (SSSR count). The number of hydrogen-bond donors (Lipinski definition) is 3. The molecule has 0 fully saturated rings. The maximum absolute atomic E-state index is 12.7. The van der Waals surface area contributed by atoms with E-state index in [0.29, 0.717) is 17.2 Å². The summed E-state index contributed by atoms with van der Waals surface area (Å²) in [6.07, 6.45) is 1.98. The lowest BCUT2D eigenvalue weighted by Gasteiger charge is -2.17. The molecule has 33 heavy (non-hydrogen) atoms. The Morgan fingerprint density at radius 1 is 1.09 bits per heavy atom. The van der Waals surface area contributed by atoms with Crippen molar-refractivity contribution in [2.75, 3.05) is 26.1 Å². The van der Waals surface area contributed by atoms with E-state index in [1.807, 2.05) is 24.3 Å². The summed E-state index contributed by atoms with van der Waals surface area (Å²) >= 11 is 6.11. The number of nitrogens with one attached hydrogen (secondary N) is 3. The predicted octanol–water partition coefficient (Wildman–Crippen LogP) is 3.07. The van der Waals surface area contributed by atoms with Crippen LogP contribution in [0.25, 0.3) is 10.9 Å². The van der Waals surface area contributed by atoms with Crippen LogP contribution in [0.1, 0.15) is 12.5 Å². The number of fused-ring (bicyclic) bond motifs is 1. The van der Waals surface area contributed by atoms with Crippen LogP contribution in [0.3, 0.4) is 0 Å². The first-order chi connectivity index (χ1) is 15.8. The van der Waals surface area contributed by atoms with E-state index in [2.05, 4.69) is 15.6 Å². The van der Waals surface area contributed by atoms with Crippen molar-refractivity contribution in [1.82, 2.24) is 10.3 Å². The van der Waals surface area contributed by atoms with Crippen molar-refractivity contribution in [3.8, 4) is 11.5 Å². The number of methoxy groups -OCH3 is 2. The Bertz CT molecular complexity index is 1180. The summed E-state index contributed by atoms with van der Waals surface area (Å²) in [5, 5.41) is 6.37. The van der Waals surface area contributed by atoms with Crippen LogP contribution in [0.2, 0.25) is 5.02 Å². The highest BCUT2D eigenvalue weighted by molar-refractivity contribution is 6.32. The van der Waals surface area contributed by atoms with Gasteiger partial charge in [0.1, 0.15) is 17.5 Å². The summed E-state index contributed by atoms with van der Waals surface area (Å²) in [6.45, 7) is 0.748. The van der Waals surface area contributed by atoms with Crippen LogP contribution in [0.15, 0.2) is 42.6 Å². The first-order valence-electron chi connectivity index (χ1n) is 10.0. The number of anilines is 1. The molecule has 9 nitrogen and oxygen atoms in total. The third kappa shape index (κ3) is 5.95. The van der Waals surface area contributed by atoms with Gasteiger partial charge in [0.05, 0.1) is 24.9 Å². The minimum Gasteiger partial charge on any atom is -0.495 e. The Morgan fingerprint density at radius 3 is 2.52 bits per heavy atom. The number of para-hydroxylation sites is 1. The number of H-pyrrole nitrogens is 1. The van der Waals surface area contributed by atoms with Gasteiger partial charge >= 0.3 is 5.97 Å². The predicted molar refractivity (Wildman–Crippen MR) is 124 cm³/mol. The van der Waals surface area contributed by atoms with Gasteiger partial charge in [-0.1, -0.05) is 29.8 Å². The molecule has 2 aromatic carbocycles. The van der Waals surface area contributed by atoms with Crippen LogP contribution >= 0.6 is 11.6 Å². The van der Waals surface area contributed by atoms with Gasteiger partial charge in [0, 0.05) is 36.5 Å². The molecule has 0 spiro atoms. The number of amides is 2. The standard InChI is InChI=1S/C23H24ClN3O6/c1-13(28)26-19(8-14-11-25-17-7-5-4-6-15(14)17)23(30)33-12-22(29)27-18-9-16(24)20(31-2)10-21(18)32-3/h4-7,9-11,19,25H,8,12H2,1-3H3,(H,26,28)(H,27,29)/t19-/m0/s1. The van der Waals surface area contributed by atoms with Crippen LogP contribution in [0.5, 0.6) is 11.5 Å². The number of aromatic amines is 1. The molecule has 3 aromatic rings. The monoisotopic (exact) mass is 473 g/mol. The van der Waals surface area contributed by atoms with Crippen molar-refractivity contribution in [3.05, 3.63) is 53.2 Å². The number of benzene rings is 2. The summed E-state index contributed by atoms with van der Waals surface area (Å²) < 4.78 is 15.5. The number of rotatable bonds is 9. The van der Waals surface area contributed by atoms with Gasteiger partial charge in [-0.15, -0.1) is 0 Å². The fourth-order valence-electron chi connectivity index (χ4n) is 3.34. The van der Waals surface area contributed by atoms with Crippen LogP contribution in [-0.4, -0.2) is 49.6 Å². The molecule has 1 atom stereocenters. The lowest BCUT2D eigenvalue weighted by Crippen LogP contribution is -2.43. The number of esters is 1. The Hall–Kier alpha value is -3.72. The van der Waals surface area contributed by atoms with Gasteiger partial charge in [0.25, 0.3) is 5.91 Å². The average molecular weight is 474 g/mol. The van der Waals surface area contributed by atoms with Crippen molar-refractivity contribution >= 4 is 46.0 Å². The van der Waals surface area contributed by atoms with Gasteiger partial charge in [-0.25, -0.2) is 4.79 Å². The second kappa shape index (κ2) is 10.7. The van der Waals surface area contributed by atoms with E-state index < -0.39 is 24.5 Å². The van der Waals surface area contributed by atoms with E-state index in [-0.39, 0.29) is 17.4 Å². The molecule has 0 saturated heterocycles. The van der Waals surface area contributed by atoms with Gasteiger partial charge in [-0.05, 0) is 17.7 Å². The maximum atomic E-state index is 12.7. The molecule has 0 radical (unpaired) electrons. The molecule has 174 valence electrons. The molecule has 0 saturated carbocycles. The molecule has 0 aliphatic carbocycles. The lowest BCUT2D eigenvalue weighted by atomic mass is 10.0. The maximum Gasteiger partial charge on any atom is 0.329 e. The van der Waals surface area contributed by atoms with E-state index in [0.717, 1.165) is 16.5 Å². The number of hydrogen-bond acceptors (Lipinski definition) is 6. The highest BCUT2D eigenvalue weighted by atomic mass is 35.5. The highest BCUT2D eigenvalue weighted by Crippen LogP contribution is 2.35. The Morgan fingerprint density at radius 2 is 1.82 bits per heavy atom. The number of aromatic nitrogens is 1. The summed E-state index contributed by atoms with van der Waals surface area (Å²) in [7, 11) is 2.89. The van der Waals surface area contributed by atoms with Crippen molar-refractivity contribution in [2.24, 2.45) is 0 Å². The number of halogens is 1. The van der Waals surface area contributed by atoms with Crippen LogP contribution in [0, 0.1) is 0 Å². The minimum absolute atomic E-state index is 0.200. The van der Waals surface area contributed by atoms with Crippen molar-refractivity contribution in [2.45, 2.75) is 19.4 Å². The zero-order valence-corrected chi connectivity index (χ0v) is 19.1. The zero-order chi connectivity index (χ0) is 24.0. The first-order valence-corrected chi connectivity index (χ1v) is 10.4. The summed E-state index contributed by atoms with van der Waals surface area (Å²) in [5.74, 6) is -1.01. The zero-order valence-electron chi connectivity index (χ0n) is 18.4. The Balaban J connectivity index is 1.66. The van der Waals surface area contributed by atoms with Crippen LogP contribution in [-0.2, 0) is 25.5 Å². The summed E-state index contributed by atoms with van der Waals surface area (Å²) in [4.78, 5) is 39.8. The van der Waals surface area contributed by atoms with Crippen LogP contribution in [0.4, 0.5) is 5.69 Å². The van der Waals surface area contributed by atoms with E-state index in [9.17, 15) is 14.4 Å². The molecule has 1 heterocycles. The molecule has 10 heteroatoms. The highest BCUT2D eigenvalue weighted by Gasteiger charge is 2.24. The average Bonchev–Trinajstić information content (AvgIpc) is 3.20. The van der Waals surface area contributed by atoms with Gasteiger partial charge in [-0.3, -0.25) is 9.59 Å². The lowest BCUT2D eigenvalue weighted by molar-refractivity contribution is -0.150. The molecular weight excluding hydrogens is 450 g/mol. The first kappa shape index (κ1) is 23.9. The second-order valence-corrected chi connectivity index (χ2v) is 7.57. The molecule has 0 unspecified atom stereocenters. The molecule has 0 aliphatic rings. The van der Waals surface area contributed by atoms with E-state index in [1.165, 1.54) is 33.3 Å². The third-order valence-electron chi connectivity index (χ3n) is 4.85. The molecule has 3 N–H and O–H groups in total. The topological polar surface area (TPSA) is 119 Å². The van der Waals surface area contributed by atoms with Crippen molar-refractivity contribution < 1.29 is 28.6 Å². The molecule has 2 amide bonds. The third-order valence-corrected chi connectivity index (χ3v) is 5.15. The minimum atomic E-state index is -0.959.